The normalized spacial score (nSPS) is 20.3. The molecule has 3 aliphatic rings. The summed E-state index contributed by atoms with van der Waals surface area (Å²) in [7, 11) is 0. The van der Waals surface area contributed by atoms with Crippen LogP contribution in [0.1, 0.15) is 52.3 Å². The third-order valence-corrected chi connectivity index (χ3v) is 7.61. The van der Waals surface area contributed by atoms with E-state index in [4.69, 9.17) is 0 Å². The quantitative estimate of drug-likeness (QED) is 0.538. The van der Waals surface area contributed by atoms with Crippen LogP contribution in [0.15, 0.2) is 54.6 Å². The number of aryl methyl sites for hydroxylation is 2. The fourth-order valence-corrected chi connectivity index (χ4v) is 6.02. The number of nitrogens with zero attached hydrogens (tertiary/aromatic N) is 1. The molecule has 3 aliphatic heterocycles. The van der Waals surface area contributed by atoms with Crippen molar-refractivity contribution in [3.8, 4) is 5.75 Å². The molecule has 6 rings (SSSR count). The minimum absolute atomic E-state index is 0.0198. The molecular formula is C29H31N3O2. The number of amides is 1. The molecule has 34 heavy (non-hydrogen) atoms. The van der Waals surface area contributed by atoms with Crippen molar-refractivity contribution in [3.63, 3.8) is 0 Å². The number of benzene rings is 3. The molecule has 0 radical (unpaired) electrons. The predicted molar refractivity (Wildman–Crippen MR) is 136 cm³/mol. The second-order valence-corrected chi connectivity index (χ2v) is 9.99. The van der Waals surface area contributed by atoms with Crippen LogP contribution in [-0.2, 0) is 24.1 Å². The summed E-state index contributed by atoms with van der Waals surface area (Å²) in [4.78, 5) is 15.9. The lowest BCUT2D eigenvalue weighted by Crippen LogP contribution is -2.45. The van der Waals surface area contributed by atoms with Gasteiger partial charge in [0.05, 0.1) is 6.04 Å². The van der Waals surface area contributed by atoms with Gasteiger partial charge in [-0.05, 0) is 72.1 Å². The standard InChI is InChI=1S/C29H31N3O2/c1-18-12-22(33)16-26-23(18)17-27(30-26)29(34)31-25-9-11-32-10-5-8-21-14-20(15-24(25)28(21)32)13-19-6-3-2-4-7-19/h2-4,6-7,12,14-16,25,27,30,33H,5,8-11,13,17H2,1H3,(H,31,34). The summed E-state index contributed by atoms with van der Waals surface area (Å²) < 4.78 is 0. The van der Waals surface area contributed by atoms with E-state index in [0.29, 0.717) is 6.42 Å². The molecule has 3 aromatic carbocycles. The zero-order valence-corrected chi connectivity index (χ0v) is 19.6. The van der Waals surface area contributed by atoms with Crippen molar-refractivity contribution in [1.82, 2.24) is 5.32 Å². The Labute approximate surface area is 200 Å². The van der Waals surface area contributed by atoms with Gasteiger partial charge in [-0.15, -0.1) is 0 Å². The van der Waals surface area contributed by atoms with Crippen LogP contribution in [0.2, 0.25) is 0 Å². The van der Waals surface area contributed by atoms with Gasteiger partial charge >= 0.3 is 0 Å². The molecule has 174 valence electrons. The fraction of sp³-hybridized carbons (Fsp3) is 0.345. The third kappa shape index (κ3) is 3.79. The van der Waals surface area contributed by atoms with Crippen LogP contribution in [0.25, 0.3) is 0 Å². The van der Waals surface area contributed by atoms with Crippen molar-refractivity contribution < 1.29 is 9.90 Å². The zero-order valence-electron chi connectivity index (χ0n) is 19.6. The Morgan fingerprint density at radius 3 is 2.82 bits per heavy atom. The van der Waals surface area contributed by atoms with E-state index in [9.17, 15) is 9.90 Å². The molecule has 3 aromatic rings. The molecule has 2 atom stereocenters. The van der Waals surface area contributed by atoms with Gasteiger partial charge < -0.3 is 20.6 Å². The minimum atomic E-state index is -0.308. The number of phenolic OH excluding ortho intramolecular Hbond substituents is 1. The van der Waals surface area contributed by atoms with Gasteiger partial charge in [-0.25, -0.2) is 0 Å². The summed E-state index contributed by atoms with van der Waals surface area (Å²) >= 11 is 0. The molecule has 1 amide bonds. The Kier molecular flexibility index (Phi) is 5.20. The van der Waals surface area contributed by atoms with Crippen LogP contribution in [0, 0.1) is 6.92 Å². The number of carbonyl (C=O) groups is 1. The van der Waals surface area contributed by atoms with E-state index in [1.807, 2.05) is 6.92 Å². The maximum absolute atomic E-state index is 13.4. The van der Waals surface area contributed by atoms with E-state index >= 15 is 0 Å². The maximum atomic E-state index is 13.4. The number of hydrogen-bond donors (Lipinski definition) is 3. The number of anilines is 2. The summed E-state index contributed by atoms with van der Waals surface area (Å²) in [5, 5.41) is 16.7. The topological polar surface area (TPSA) is 64.6 Å². The van der Waals surface area contributed by atoms with E-state index in [2.05, 4.69) is 58.0 Å². The van der Waals surface area contributed by atoms with Crippen LogP contribution in [0.4, 0.5) is 11.4 Å². The molecule has 5 nitrogen and oxygen atoms in total. The average Bonchev–Trinajstić information content (AvgIpc) is 3.26. The minimum Gasteiger partial charge on any atom is -0.508 e. The van der Waals surface area contributed by atoms with E-state index in [0.717, 1.165) is 49.2 Å². The third-order valence-electron chi connectivity index (χ3n) is 7.61. The summed E-state index contributed by atoms with van der Waals surface area (Å²) in [6, 6.07) is 18.5. The zero-order chi connectivity index (χ0) is 23.2. The molecule has 3 N–H and O–H groups in total. The lowest BCUT2D eigenvalue weighted by molar-refractivity contribution is -0.122. The van der Waals surface area contributed by atoms with Crippen LogP contribution < -0.4 is 15.5 Å². The van der Waals surface area contributed by atoms with Crippen LogP contribution in [-0.4, -0.2) is 30.1 Å². The highest BCUT2D eigenvalue weighted by Gasteiger charge is 2.34. The first-order valence-electron chi connectivity index (χ1n) is 12.4. The van der Waals surface area contributed by atoms with Crippen molar-refractivity contribution in [2.75, 3.05) is 23.3 Å². The maximum Gasteiger partial charge on any atom is 0.243 e. The lowest BCUT2D eigenvalue weighted by Gasteiger charge is -2.41. The Bertz CT molecular complexity index is 1250. The molecule has 0 aromatic heterocycles. The number of aromatic hydroxyl groups is 1. The van der Waals surface area contributed by atoms with E-state index in [1.54, 1.807) is 12.1 Å². The van der Waals surface area contributed by atoms with Gasteiger partial charge in [0, 0.05) is 37.0 Å². The van der Waals surface area contributed by atoms with Gasteiger partial charge in [-0.1, -0.05) is 42.5 Å². The molecule has 0 bridgehead atoms. The molecule has 0 aliphatic carbocycles. The largest absolute Gasteiger partial charge is 0.508 e. The molecule has 0 saturated carbocycles. The van der Waals surface area contributed by atoms with Crippen molar-refractivity contribution in [2.24, 2.45) is 0 Å². The first kappa shape index (κ1) is 21.1. The van der Waals surface area contributed by atoms with E-state index < -0.39 is 0 Å². The number of rotatable bonds is 4. The summed E-state index contributed by atoms with van der Waals surface area (Å²) in [6.07, 6.45) is 4.77. The van der Waals surface area contributed by atoms with Crippen molar-refractivity contribution in [1.29, 1.82) is 0 Å². The molecule has 0 saturated heterocycles. The Hall–Kier alpha value is -3.47. The Morgan fingerprint density at radius 2 is 1.97 bits per heavy atom. The fourth-order valence-electron chi connectivity index (χ4n) is 6.02. The van der Waals surface area contributed by atoms with Gasteiger partial charge in [-0.3, -0.25) is 4.79 Å². The van der Waals surface area contributed by atoms with Crippen molar-refractivity contribution in [3.05, 3.63) is 88.0 Å². The first-order chi connectivity index (χ1) is 16.5. The molecule has 5 heteroatoms. The highest BCUT2D eigenvalue weighted by Crippen LogP contribution is 2.41. The molecule has 0 spiro atoms. The monoisotopic (exact) mass is 453 g/mol. The highest BCUT2D eigenvalue weighted by atomic mass is 16.3. The number of hydrogen-bond acceptors (Lipinski definition) is 4. The second-order valence-electron chi connectivity index (χ2n) is 9.99. The Morgan fingerprint density at radius 1 is 1.12 bits per heavy atom. The van der Waals surface area contributed by atoms with E-state index in [1.165, 1.54) is 34.4 Å². The van der Waals surface area contributed by atoms with Crippen molar-refractivity contribution >= 4 is 17.3 Å². The van der Waals surface area contributed by atoms with Gasteiger partial charge in [-0.2, -0.15) is 0 Å². The number of carbonyl (C=O) groups excluding carboxylic acids is 1. The molecule has 0 fully saturated rings. The van der Waals surface area contributed by atoms with Gasteiger partial charge in [0.1, 0.15) is 11.8 Å². The smallest absolute Gasteiger partial charge is 0.243 e. The lowest BCUT2D eigenvalue weighted by atomic mass is 9.86. The summed E-state index contributed by atoms with van der Waals surface area (Å²) in [5.41, 5.74) is 9.69. The van der Waals surface area contributed by atoms with Gasteiger partial charge in [0.2, 0.25) is 5.91 Å². The van der Waals surface area contributed by atoms with Crippen LogP contribution >= 0.6 is 0 Å². The van der Waals surface area contributed by atoms with Gasteiger partial charge in [0.25, 0.3) is 0 Å². The SMILES string of the molecule is Cc1cc(O)cc2c1CC(C(=O)NC1CCN3CCCc4cc(Cc5ccccc5)cc1c43)N2. The molecule has 3 heterocycles. The number of fused-ring (bicyclic) bond motifs is 1. The number of nitrogens with one attached hydrogen (secondary N) is 2. The number of phenols is 1. The van der Waals surface area contributed by atoms with Crippen LogP contribution in [0.3, 0.4) is 0 Å². The first-order valence-corrected chi connectivity index (χ1v) is 12.4. The highest BCUT2D eigenvalue weighted by molar-refractivity contribution is 5.88. The second kappa shape index (κ2) is 8.39. The predicted octanol–water partition coefficient (Wildman–Crippen LogP) is 4.64. The van der Waals surface area contributed by atoms with Gasteiger partial charge in [0.15, 0.2) is 0 Å². The molecule has 2 unspecified atom stereocenters. The average molecular weight is 454 g/mol. The van der Waals surface area contributed by atoms with E-state index in [-0.39, 0.29) is 23.7 Å². The van der Waals surface area contributed by atoms with Crippen LogP contribution in [0.5, 0.6) is 5.75 Å². The summed E-state index contributed by atoms with van der Waals surface area (Å²) in [5.74, 6) is 0.269. The van der Waals surface area contributed by atoms with Crippen molar-refractivity contribution in [2.45, 2.75) is 51.1 Å². The molecular weight excluding hydrogens is 422 g/mol. The summed E-state index contributed by atoms with van der Waals surface area (Å²) in [6.45, 7) is 4.07. The Balaban J connectivity index is 1.27.